The minimum absolute atomic E-state index is 0.0692. The lowest BCUT2D eigenvalue weighted by Gasteiger charge is -2.21. The largest absolute Gasteiger partial charge is 0.385 e. The zero-order chi connectivity index (χ0) is 13.5. The Kier molecular flexibility index (Phi) is 5.88. The van der Waals surface area contributed by atoms with Crippen molar-refractivity contribution >= 4 is 23.0 Å². The van der Waals surface area contributed by atoms with Crippen LogP contribution in [0, 0.1) is 10.1 Å². The molecule has 6 heteroatoms. The highest BCUT2D eigenvalue weighted by atomic mass is 35.5. The van der Waals surface area contributed by atoms with E-state index in [1.165, 1.54) is 12.1 Å². The van der Waals surface area contributed by atoms with Crippen molar-refractivity contribution in [2.45, 2.75) is 12.3 Å². The lowest BCUT2D eigenvalue weighted by atomic mass is 10.1. The van der Waals surface area contributed by atoms with E-state index in [2.05, 4.69) is 0 Å². The SMILES string of the molecule is COCCCN(C)c1ccc([N+](=O)[O-])cc1CCl. The number of nitro groups is 1. The Balaban J connectivity index is 2.84. The fourth-order valence-electron chi connectivity index (χ4n) is 1.73. The normalized spacial score (nSPS) is 10.4. The Hall–Kier alpha value is -1.33. The van der Waals surface area contributed by atoms with E-state index in [-0.39, 0.29) is 11.6 Å². The minimum Gasteiger partial charge on any atom is -0.385 e. The number of nitrogens with zero attached hydrogens (tertiary/aromatic N) is 2. The number of halogens is 1. The fourth-order valence-corrected chi connectivity index (χ4v) is 1.95. The van der Waals surface area contributed by atoms with Crippen molar-refractivity contribution < 1.29 is 9.66 Å². The van der Waals surface area contributed by atoms with Crippen molar-refractivity contribution in [3.63, 3.8) is 0 Å². The van der Waals surface area contributed by atoms with E-state index in [4.69, 9.17) is 16.3 Å². The van der Waals surface area contributed by atoms with Gasteiger partial charge in [-0.1, -0.05) is 0 Å². The Morgan fingerprint density at radius 3 is 2.78 bits per heavy atom. The second kappa shape index (κ2) is 7.18. The van der Waals surface area contributed by atoms with Gasteiger partial charge in [0.2, 0.25) is 0 Å². The predicted octanol–water partition coefficient (Wildman–Crippen LogP) is 2.81. The third kappa shape index (κ3) is 3.85. The quantitative estimate of drug-likeness (QED) is 0.331. The minimum atomic E-state index is -0.412. The number of rotatable bonds is 7. The van der Waals surface area contributed by atoms with Crippen molar-refractivity contribution in [1.29, 1.82) is 0 Å². The van der Waals surface area contributed by atoms with Crippen LogP contribution in [-0.2, 0) is 10.6 Å². The number of ether oxygens (including phenoxy) is 1. The van der Waals surface area contributed by atoms with E-state index in [1.807, 2.05) is 11.9 Å². The molecule has 0 N–H and O–H groups in total. The van der Waals surface area contributed by atoms with E-state index in [9.17, 15) is 10.1 Å². The predicted molar refractivity (Wildman–Crippen MR) is 72.4 cm³/mol. The van der Waals surface area contributed by atoms with Crippen LogP contribution in [0.4, 0.5) is 11.4 Å². The van der Waals surface area contributed by atoms with Crippen molar-refractivity contribution in [3.8, 4) is 0 Å². The topological polar surface area (TPSA) is 55.6 Å². The van der Waals surface area contributed by atoms with Gasteiger partial charge >= 0.3 is 0 Å². The number of anilines is 1. The maximum absolute atomic E-state index is 10.7. The molecule has 0 bridgehead atoms. The van der Waals surface area contributed by atoms with Gasteiger partial charge in [-0.05, 0) is 18.1 Å². The molecular weight excluding hydrogens is 256 g/mol. The lowest BCUT2D eigenvalue weighted by Crippen LogP contribution is -2.20. The molecule has 0 unspecified atom stereocenters. The monoisotopic (exact) mass is 272 g/mol. The summed E-state index contributed by atoms with van der Waals surface area (Å²) in [6.45, 7) is 1.50. The van der Waals surface area contributed by atoms with E-state index >= 15 is 0 Å². The molecule has 0 aromatic heterocycles. The van der Waals surface area contributed by atoms with Gasteiger partial charge < -0.3 is 9.64 Å². The Bertz CT molecular complexity index is 412. The lowest BCUT2D eigenvalue weighted by molar-refractivity contribution is -0.384. The van der Waals surface area contributed by atoms with Gasteiger partial charge in [0.25, 0.3) is 5.69 Å². The molecule has 1 aromatic carbocycles. The number of hydrogen-bond donors (Lipinski definition) is 0. The Morgan fingerprint density at radius 1 is 1.50 bits per heavy atom. The summed E-state index contributed by atoms with van der Waals surface area (Å²) in [5.74, 6) is 0.256. The molecule has 0 aliphatic rings. The van der Waals surface area contributed by atoms with Crippen LogP contribution < -0.4 is 4.90 Å². The molecule has 18 heavy (non-hydrogen) atoms. The molecule has 0 saturated heterocycles. The maximum Gasteiger partial charge on any atom is 0.269 e. The van der Waals surface area contributed by atoms with Crippen molar-refractivity contribution in [1.82, 2.24) is 0 Å². The van der Waals surface area contributed by atoms with Crippen LogP contribution in [0.25, 0.3) is 0 Å². The molecule has 0 radical (unpaired) electrons. The average molecular weight is 273 g/mol. The second-order valence-corrected chi connectivity index (χ2v) is 4.24. The van der Waals surface area contributed by atoms with E-state index in [1.54, 1.807) is 13.2 Å². The molecular formula is C12H17ClN2O3. The summed E-state index contributed by atoms with van der Waals surface area (Å²) in [6.07, 6.45) is 0.895. The standard InChI is InChI=1S/C12H17ClN2O3/c1-14(6-3-7-18-2)12-5-4-11(15(16)17)8-10(12)9-13/h4-5,8H,3,6-7,9H2,1-2H3. The van der Waals surface area contributed by atoms with Gasteiger partial charge in [0.15, 0.2) is 0 Å². The molecule has 0 atom stereocenters. The molecule has 0 amide bonds. The zero-order valence-corrected chi connectivity index (χ0v) is 11.3. The molecule has 0 spiro atoms. The van der Waals surface area contributed by atoms with Crippen LogP contribution in [0.1, 0.15) is 12.0 Å². The fraction of sp³-hybridized carbons (Fsp3) is 0.500. The van der Waals surface area contributed by atoms with E-state index in [0.29, 0.717) is 6.61 Å². The second-order valence-electron chi connectivity index (χ2n) is 3.97. The number of benzene rings is 1. The first kappa shape index (κ1) is 14.7. The third-order valence-corrected chi connectivity index (χ3v) is 2.96. The van der Waals surface area contributed by atoms with Gasteiger partial charge in [0, 0.05) is 51.0 Å². The van der Waals surface area contributed by atoms with Gasteiger partial charge in [-0.25, -0.2) is 0 Å². The van der Waals surface area contributed by atoms with Gasteiger partial charge in [-0.3, -0.25) is 10.1 Å². The summed E-state index contributed by atoms with van der Waals surface area (Å²) < 4.78 is 4.99. The molecule has 0 aliphatic heterocycles. The van der Waals surface area contributed by atoms with Crippen molar-refractivity contribution in [2.24, 2.45) is 0 Å². The van der Waals surface area contributed by atoms with Crippen LogP contribution in [0.5, 0.6) is 0 Å². The highest BCUT2D eigenvalue weighted by molar-refractivity contribution is 6.17. The molecule has 5 nitrogen and oxygen atoms in total. The van der Waals surface area contributed by atoms with Crippen LogP contribution in [0.3, 0.4) is 0 Å². The molecule has 0 fully saturated rings. The summed E-state index contributed by atoms with van der Waals surface area (Å²) in [5, 5.41) is 10.7. The van der Waals surface area contributed by atoms with Gasteiger partial charge in [-0.2, -0.15) is 0 Å². The van der Waals surface area contributed by atoms with Crippen LogP contribution in [0.15, 0.2) is 18.2 Å². The van der Waals surface area contributed by atoms with Gasteiger partial charge in [0.05, 0.1) is 4.92 Å². The van der Waals surface area contributed by atoms with Crippen molar-refractivity contribution in [2.75, 3.05) is 32.2 Å². The van der Waals surface area contributed by atoms with Crippen LogP contribution >= 0.6 is 11.6 Å². The van der Waals surface area contributed by atoms with Gasteiger partial charge in [-0.15, -0.1) is 11.6 Å². The summed E-state index contributed by atoms with van der Waals surface area (Å²) in [4.78, 5) is 12.3. The molecule has 0 saturated carbocycles. The molecule has 100 valence electrons. The zero-order valence-electron chi connectivity index (χ0n) is 10.6. The average Bonchev–Trinajstić information content (AvgIpc) is 2.38. The number of alkyl halides is 1. The molecule has 0 heterocycles. The van der Waals surface area contributed by atoms with Crippen LogP contribution in [-0.4, -0.2) is 32.2 Å². The summed E-state index contributed by atoms with van der Waals surface area (Å²) >= 11 is 5.84. The highest BCUT2D eigenvalue weighted by Gasteiger charge is 2.12. The van der Waals surface area contributed by atoms with Gasteiger partial charge in [0.1, 0.15) is 0 Å². The van der Waals surface area contributed by atoms with Crippen molar-refractivity contribution in [3.05, 3.63) is 33.9 Å². The summed E-state index contributed by atoms with van der Waals surface area (Å²) in [7, 11) is 3.60. The molecule has 1 aromatic rings. The first-order valence-electron chi connectivity index (χ1n) is 5.63. The van der Waals surface area contributed by atoms with E-state index < -0.39 is 4.92 Å². The van der Waals surface area contributed by atoms with E-state index in [0.717, 1.165) is 24.2 Å². The first-order chi connectivity index (χ1) is 8.60. The van der Waals surface area contributed by atoms with Crippen LogP contribution in [0.2, 0.25) is 0 Å². The highest BCUT2D eigenvalue weighted by Crippen LogP contribution is 2.26. The molecule has 0 aliphatic carbocycles. The smallest absolute Gasteiger partial charge is 0.269 e. The Morgan fingerprint density at radius 2 is 2.22 bits per heavy atom. The summed E-state index contributed by atoms with van der Waals surface area (Å²) in [5.41, 5.74) is 1.76. The maximum atomic E-state index is 10.7. The number of non-ortho nitro benzene ring substituents is 1. The number of methoxy groups -OCH3 is 1. The number of nitro benzene ring substituents is 1. The first-order valence-corrected chi connectivity index (χ1v) is 6.17. The summed E-state index contributed by atoms with van der Waals surface area (Å²) in [6, 6.07) is 4.76. The molecule has 1 rings (SSSR count). The Labute approximate surface area is 111 Å². The third-order valence-electron chi connectivity index (χ3n) is 2.67. The number of hydrogen-bond acceptors (Lipinski definition) is 4.